The highest BCUT2D eigenvalue weighted by atomic mass is 79.9. The summed E-state index contributed by atoms with van der Waals surface area (Å²) in [6.45, 7) is 0. The fourth-order valence-corrected chi connectivity index (χ4v) is 2.08. The van der Waals surface area contributed by atoms with Gasteiger partial charge in [0.15, 0.2) is 0 Å². The van der Waals surface area contributed by atoms with E-state index in [1.54, 1.807) is 24.3 Å². The number of halogens is 2. The standard InChI is InChI=1S/C9H5Br2NOS/c10-9(11,14-6-12)8(13)7-4-2-1-3-5-7/h1-5H. The molecule has 0 bridgehead atoms. The summed E-state index contributed by atoms with van der Waals surface area (Å²) in [7, 11) is 0. The number of rotatable bonds is 3. The second-order valence-electron chi connectivity index (χ2n) is 2.41. The number of carbonyl (C=O) groups excluding carboxylic acids is 1. The number of thioether (sulfide) groups is 1. The molecule has 14 heavy (non-hydrogen) atoms. The van der Waals surface area contributed by atoms with Crippen LogP contribution in [0.4, 0.5) is 0 Å². The van der Waals surface area contributed by atoms with Crippen LogP contribution >= 0.6 is 43.6 Å². The highest BCUT2D eigenvalue weighted by Gasteiger charge is 2.34. The van der Waals surface area contributed by atoms with E-state index in [1.807, 2.05) is 11.5 Å². The first-order chi connectivity index (χ1) is 6.58. The lowest BCUT2D eigenvalue weighted by Gasteiger charge is -2.13. The van der Waals surface area contributed by atoms with Gasteiger partial charge in [-0.25, -0.2) is 0 Å². The zero-order valence-corrected chi connectivity index (χ0v) is 10.9. The average molecular weight is 335 g/mol. The number of benzene rings is 1. The topological polar surface area (TPSA) is 40.9 Å². The van der Waals surface area contributed by atoms with Gasteiger partial charge in [0.25, 0.3) is 0 Å². The maximum Gasteiger partial charge on any atom is 0.201 e. The van der Waals surface area contributed by atoms with Gasteiger partial charge < -0.3 is 0 Å². The van der Waals surface area contributed by atoms with Gasteiger partial charge in [0.05, 0.1) is 0 Å². The van der Waals surface area contributed by atoms with Gasteiger partial charge in [-0.2, -0.15) is 5.26 Å². The van der Waals surface area contributed by atoms with Crippen molar-refractivity contribution >= 4 is 49.4 Å². The summed E-state index contributed by atoms with van der Waals surface area (Å²) in [5.41, 5.74) is 0.559. The number of hydrogen-bond donors (Lipinski definition) is 0. The fraction of sp³-hybridized carbons (Fsp3) is 0.111. The molecule has 0 atom stereocenters. The summed E-state index contributed by atoms with van der Waals surface area (Å²) in [5, 5.41) is 10.4. The summed E-state index contributed by atoms with van der Waals surface area (Å²) >= 11 is 7.13. The summed E-state index contributed by atoms with van der Waals surface area (Å²) < 4.78 is -1.05. The summed E-state index contributed by atoms with van der Waals surface area (Å²) in [4.78, 5) is 11.8. The van der Waals surface area contributed by atoms with Crippen molar-refractivity contribution in [3.63, 3.8) is 0 Å². The molecule has 1 aromatic carbocycles. The van der Waals surface area contributed by atoms with Gasteiger partial charge in [0.2, 0.25) is 8.35 Å². The van der Waals surface area contributed by atoms with Crippen LogP contribution in [0.2, 0.25) is 0 Å². The van der Waals surface area contributed by atoms with E-state index < -0.39 is 2.57 Å². The number of carbonyl (C=O) groups is 1. The van der Waals surface area contributed by atoms with Crippen LogP contribution in [0, 0.1) is 10.7 Å². The Kier molecular flexibility index (Phi) is 4.17. The monoisotopic (exact) mass is 333 g/mol. The Labute approximate surface area is 103 Å². The molecule has 0 aromatic heterocycles. The summed E-state index contributed by atoms with van der Waals surface area (Å²) in [5.74, 6) is -0.176. The van der Waals surface area contributed by atoms with E-state index >= 15 is 0 Å². The van der Waals surface area contributed by atoms with Crippen molar-refractivity contribution in [1.82, 2.24) is 0 Å². The molecule has 0 aliphatic rings. The number of ketones is 1. The molecule has 1 aromatic rings. The minimum atomic E-state index is -1.05. The van der Waals surface area contributed by atoms with Crippen molar-refractivity contribution in [3.05, 3.63) is 35.9 Å². The van der Waals surface area contributed by atoms with Crippen LogP contribution in [0.15, 0.2) is 30.3 Å². The number of nitrogens with zero attached hydrogens (tertiary/aromatic N) is 1. The molecule has 1 rings (SSSR count). The second kappa shape index (κ2) is 4.96. The molecule has 0 aliphatic heterocycles. The van der Waals surface area contributed by atoms with Gasteiger partial charge in [-0.3, -0.25) is 4.79 Å². The fourth-order valence-electron chi connectivity index (χ4n) is 0.861. The summed E-state index contributed by atoms with van der Waals surface area (Å²) in [6, 6.07) is 8.80. The first-order valence-electron chi connectivity index (χ1n) is 3.62. The predicted molar refractivity (Wildman–Crippen MR) is 64.6 cm³/mol. The normalized spacial score (nSPS) is 10.6. The van der Waals surface area contributed by atoms with Crippen molar-refractivity contribution in [2.45, 2.75) is 2.57 Å². The van der Waals surface area contributed by atoms with Gasteiger partial charge in [-0.05, 0) is 11.8 Å². The first kappa shape index (κ1) is 11.8. The summed E-state index contributed by atoms with van der Waals surface area (Å²) in [6.07, 6.45) is 0. The minimum absolute atomic E-state index is 0.176. The van der Waals surface area contributed by atoms with Gasteiger partial charge in [0, 0.05) is 5.56 Å². The van der Waals surface area contributed by atoms with Crippen LogP contribution in [0.5, 0.6) is 0 Å². The number of hydrogen-bond acceptors (Lipinski definition) is 3. The Morgan fingerprint density at radius 2 is 1.93 bits per heavy atom. The molecule has 2 nitrogen and oxygen atoms in total. The maximum atomic E-state index is 11.8. The Bertz CT molecular complexity index is 372. The molecule has 0 N–H and O–H groups in total. The third-order valence-corrected chi connectivity index (χ3v) is 3.70. The van der Waals surface area contributed by atoms with Crippen LogP contribution in [0.1, 0.15) is 10.4 Å². The number of nitriles is 1. The molecular formula is C9H5Br2NOS. The van der Waals surface area contributed by atoms with Crippen LogP contribution in [-0.4, -0.2) is 8.35 Å². The molecule has 0 unspecified atom stereocenters. The number of alkyl halides is 2. The molecule has 5 heteroatoms. The van der Waals surface area contributed by atoms with Gasteiger partial charge >= 0.3 is 0 Å². The number of Topliss-reactive ketones (excluding diaryl/α,β-unsaturated/α-hetero) is 1. The Balaban J connectivity index is 2.92. The number of thiocyanates is 1. The molecule has 0 spiro atoms. The molecule has 72 valence electrons. The van der Waals surface area contributed by atoms with E-state index in [0.717, 1.165) is 11.8 Å². The first-order valence-corrected chi connectivity index (χ1v) is 6.03. The van der Waals surface area contributed by atoms with Crippen LogP contribution in [0.25, 0.3) is 0 Å². The van der Waals surface area contributed by atoms with Crippen molar-refractivity contribution < 1.29 is 4.79 Å². The zero-order valence-electron chi connectivity index (χ0n) is 6.91. The zero-order chi connectivity index (χ0) is 10.6. The molecular weight excluding hydrogens is 330 g/mol. The Morgan fingerprint density at radius 1 is 1.36 bits per heavy atom. The smallest absolute Gasteiger partial charge is 0.201 e. The molecule has 0 radical (unpaired) electrons. The van der Waals surface area contributed by atoms with Crippen LogP contribution in [-0.2, 0) is 0 Å². The van der Waals surface area contributed by atoms with Gasteiger partial charge in [0.1, 0.15) is 5.40 Å². The highest BCUT2D eigenvalue weighted by Crippen LogP contribution is 2.40. The van der Waals surface area contributed by atoms with E-state index in [2.05, 4.69) is 31.9 Å². The van der Waals surface area contributed by atoms with Crippen LogP contribution in [0.3, 0.4) is 0 Å². The van der Waals surface area contributed by atoms with Gasteiger partial charge in [-0.1, -0.05) is 62.2 Å². The molecule has 0 saturated heterocycles. The second-order valence-corrected chi connectivity index (χ2v) is 7.90. The lowest BCUT2D eigenvalue weighted by atomic mass is 10.1. The molecule has 0 amide bonds. The van der Waals surface area contributed by atoms with Crippen molar-refractivity contribution in [2.24, 2.45) is 0 Å². The van der Waals surface area contributed by atoms with Crippen LogP contribution < -0.4 is 0 Å². The van der Waals surface area contributed by atoms with Crippen molar-refractivity contribution in [3.8, 4) is 5.40 Å². The highest BCUT2D eigenvalue weighted by molar-refractivity contribution is 9.28. The Morgan fingerprint density at radius 3 is 2.43 bits per heavy atom. The molecule has 0 heterocycles. The SMILES string of the molecule is N#CSC(Br)(Br)C(=O)c1ccccc1. The minimum Gasteiger partial charge on any atom is -0.291 e. The molecule has 0 saturated carbocycles. The largest absolute Gasteiger partial charge is 0.291 e. The third kappa shape index (κ3) is 2.84. The third-order valence-electron chi connectivity index (χ3n) is 1.47. The van der Waals surface area contributed by atoms with E-state index in [9.17, 15) is 4.79 Å². The quantitative estimate of drug-likeness (QED) is 0.482. The lowest BCUT2D eigenvalue weighted by Crippen LogP contribution is -2.20. The van der Waals surface area contributed by atoms with E-state index in [4.69, 9.17) is 5.26 Å². The van der Waals surface area contributed by atoms with E-state index in [1.165, 1.54) is 0 Å². The van der Waals surface area contributed by atoms with Crippen molar-refractivity contribution in [2.75, 3.05) is 0 Å². The average Bonchev–Trinajstić information content (AvgIpc) is 2.18. The van der Waals surface area contributed by atoms with Gasteiger partial charge in [-0.15, -0.1) is 0 Å². The van der Waals surface area contributed by atoms with E-state index in [0.29, 0.717) is 5.56 Å². The Hall–Kier alpha value is -0.310. The van der Waals surface area contributed by atoms with Crippen molar-refractivity contribution in [1.29, 1.82) is 5.26 Å². The maximum absolute atomic E-state index is 11.8. The molecule has 0 fully saturated rings. The molecule has 0 aliphatic carbocycles. The van der Waals surface area contributed by atoms with E-state index in [-0.39, 0.29) is 5.78 Å². The lowest BCUT2D eigenvalue weighted by molar-refractivity contribution is 0.101. The predicted octanol–water partition coefficient (Wildman–Crippen LogP) is 3.53.